The lowest BCUT2D eigenvalue weighted by molar-refractivity contribution is -0.112. The molecule has 0 radical (unpaired) electrons. The predicted octanol–water partition coefficient (Wildman–Crippen LogP) is 3.60. The number of hydrogen-bond acceptors (Lipinski definition) is 7. The lowest BCUT2D eigenvalue weighted by atomic mass is 9.83. The SMILES string of the molecule is COc1cc2nc(C3CCC(C=O)CC3)oc2cc1NC(=O)c1cnn2cccnc12. The summed E-state index contributed by atoms with van der Waals surface area (Å²) in [5.74, 6) is 1.12. The summed E-state index contributed by atoms with van der Waals surface area (Å²) in [6, 6.07) is 5.22. The van der Waals surface area contributed by atoms with Gasteiger partial charge in [-0.15, -0.1) is 0 Å². The minimum atomic E-state index is -0.349. The summed E-state index contributed by atoms with van der Waals surface area (Å²) >= 11 is 0. The number of nitrogens with zero attached hydrogens (tertiary/aromatic N) is 4. The van der Waals surface area contributed by atoms with Gasteiger partial charge in [0, 0.05) is 36.4 Å². The summed E-state index contributed by atoms with van der Waals surface area (Å²) in [5, 5.41) is 7.02. The van der Waals surface area contributed by atoms with Crippen LogP contribution >= 0.6 is 0 Å². The van der Waals surface area contributed by atoms with Crippen molar-refractivity contribution in [2.45, 2.75) is 31.6 Å². The van der Waals surface area contributed by atoms with Crippen molar-refractivity contribution in [3.8, 4) is 5.75 Å². The van der Waals surface area contributed by atoms with E-state index in [1.807, 2.05) is 0 Å². The van der Waals surface area contributed by atoms with E-state index in [1.54, 1.807) is 30.6 Å². The van der Waals surface area contributed by atoms with Crippen molar-refractivity contribution >= 4 is 34.6 Å². The van der Waals surface area contributed by atoms with Crippen LogP contribution < -0.4 is 10.1 Å². The number of carbonyl (C=O) groups is 2. The largest absolute Gasteiger partial charge is 0.494 e. The number of nitrogens with one attached hydrogen (secondary N) is 1. The van der Waals surface area contributed by atoms with Gasteiger partial charge in [-0.25, -0.2) is 14.5 Å². The summed E-state index contributed by atoms with van der Waals surface area (Å²) in [6.45, 7) is 0. The zero-order chi connectivity index (χ0) is 21.4. The average molecular weight is 419 g/mol. The van der Waals surface area contributed by atoms with Gasteiger partial charge in [0.05, 0.1) is 19.0 Å². The first-order chi connectivity index (χ1) is 15.2. The standard InChI is InChI=1S/C22H21N5O4/c1-30-18-9-17-19(31-22(26-17)14-5-3-13(12-28)4-6-14)10-16(18)25-21(29)15-11-24-27-8-2-7-23-20(15)27/h2,7-14H,3-6H2,1H3,(H,25,29). The minimum absolute atomic E-state index is 0.136. The van der Waals surface area contributed by atoms with Crippen molar-refractivity contribution in [3.05, 3.63) is 48.2 Å². The fraction of sp³-hybridized carbons (Fsp3) is 0.318. The van der Waals surface area contributed by atoms with Gasteiger partial charge in [0.1, 0.15) is 23.1 Å². The zero-order valence-corrected chi connectivity index (χ0v) is 16.9. The van der Waals surface area contributed by atoms with E-state index in [-0.39, 0.29) is 17.7 Å². The molecule has 9 nitrogen and oxygen atoms in total. The van der Waals surface area contributed by atoms with Crippen LogP contribution in [0.2, 0.25) is 0 Å². The van der Waals surface area contributed by atoms with E-state index in [9.17, 15) is 9.59 Å². The first-order valence-electron chi connectivity index (χ1n) is 10.2. The van der Waals surface area contributed by atoms with Crippen LogP contribution in [-0.4, -0.2) is 38.9 Å². The molecule has 1 fully saturated rings. The molecule has 0 bridgehead atoms. The number of rotatable bonds is 5. The van der Waals surface area contributed by atoms with E-state index in [2.05, 4.69) is 20.4 Å². The highest BCUT2D eigenvalue weighted by Gasteiger charge is 2.26. The van der Waals surface area contributed by atoms with Crippen LogP contribution in [0.15, 0.2) is 41.2 Å². The molecule has 0 unspecified atom stereocenters. The molecule has 1 N–H and O–H groups in total. The lowest BCUT2D eigenvalue weighted by Gasteiger charge is -2.22. The summed E-state index contributed by atoms with van der Waals surface area (Å²) in [5.41, 5.74) is 2.53. The molecule has 0 aliphatic heterocycles. The number of anilines is 1. The highest BCUT2D eigenvalue weighted by atomic mass is 16.5. The van der Waals surface area contributed by atoms with Crippen LogP contribution in [0.25, 0.3) is 16.7 Å². The molecule has 3 aromatic heterocycles. The third-order valence-electron chi connectivity index (χ3n) is 5.81. The monoisotopic (exact) mass is 419 g/mol. The molecule has 1 aromatic carbocycles. The second kappa shape index (κ2) is 7.82. The van der Waals surface area contributed by atoms with Gasteiger partial charge in [-0.3, -0.25) is 4.79 Å². The van der Waals surface area contributed by atoms with Crippen LogP contribution in [0.1, 0.15) is 47.8 Å². The van der Waals surface area contributed by atoms with Crippen molar-refractivity contribution in [2.24, 2.45) is 5.92 Å². The Morgan fingerprint density at radius 1 is 1.29 bits per heavy atom. The Morgan fingerprint density at radius 3 is 2.90 bits per heavy atom. The molecule has 1 amide bonds. The zero-order valence-electron chi connectivity index (χ0n) is 16.9. The van der Waals surface area contributed by atoms with E-state index in [0.29, 0.717) is 39.6 Å². The van der Waals surface area contributed by atoms with Crippen molar-refractivity contribution in [1.29, 1.82) is 0 Å². The van der Waals surface area contributed by atoms with E-state index in [4.69, 9.17) is 9.15 Å². The Bertz CT molecular complexity index is 1270. The molecule has 1 aliphatic rings. The normalized spacial score (nSPS) is 18.9. The second-order valence-corrected chi connectivity index (χ2v) is 7.72. The van der Waals surface area contributed by atoms with Crippen LogP contribution in [0.5, 0.6) is 5.75 Å². The Hall–Kier alpha value is -3.75. The van der Waals surface area contributed by atoms with Crippen molar-refractivity contribution in [2.75, 3.05) is 12.4 Å². The summed E-state index contributed by atoms with van der Waals surface area (Å²) in [4.78, 5) is 32.7. The van der Waals surface area contributed by atoms with Gasteiger partial charge in [-0.05, 0) is 31.7 Å². The van der Waals surface area contributed by atoms with Gasteiger partial charge >= 0.3 is 0 Å². The predicted molar refractivity (Wildman–Crippen MR) is 112 cm³/mol. The fourth-order valence-electron chi connectivity index (χ4n) is 4.09. The van der Waals surface area contributed by atoms with Gasteiger partial charge in [0.15, 0.2) is 17.1 Å². The first-order valence-corrected chi connectivity index (χ1v) is 10.2. The van der Waals surface area contributed by atoms with Gasteiger partial charge in [-0.2, -0.15) is 5.10 Å². The number of amides is 1. The van der Waals surface area contributed by atoms with Crippen molar-refractivity contribution in [1.82, 2.24) is 19.6 Å². The van der Waals surface area contributed by atoms with Crippen LogP contribution in [0.4, 0.5) is 5.69 Å². The summed E-state index contributed by atoms with van der Waals surface area (Å²) in [7, 11) is 1.54. The summed E-state index contributed by atoms with van der Waals surface area (Å²) in [6.07, 6.45) is 9.31. The van der Waals surface area contributed by atoms with Crippen LogP contribution in [0, 0.1) is 5.92 Å². The first kappa shape index (κ1) is 19.2. The average Bonchev–Trinajstić information content (AvgIpc) is 3.42. The number of methoxy groups -OCH3 is 1. The number of ether oxygens (including phenoxy) is 1. The number of carbonyl (C=O) groups excluding carboxylic acids is 2. The molecular formula is C22H21N5O4. The highest BCUT2D eigenvalue weighted by Crippen LogP contribution is 2.38. The molecule has 158 valence electrons. The minimum Gasteiger partial charge on any atom is -0.494 e. The van der Waals surface area contributed by atoms with Crippen LogP contribution in [0.3, 0.4) is 0 Å². The van der Waals surface area contributed by atoms with Gasteiger partial charge < -0.3 is 19.3 Å². The fourth-order valence-corrected chi connectivity index (χ4v) is 4.09. The molecule has 4 aromatic rings. The van der Waals surface area contributed by atoms with Crippen LogP contribution in [-0.2, 0) is 4.79 Å². The maximum Gasteiger partial charge on any atom is 0.261 e. The van der Waals surface area contributed by atoms with Crippen molar-refractivity contribution < 1.29 is 18.7 Å². The number of oxazole rings is 1. The smallest absolute Gasteiger partial charge is 0.261 e. The maximum absolute atomic E-state index is 12.9. The Morgan fingerprint density at radius 2 is 2.13 bits per heavy atom. The molecule has 31 heavy (non-hydrogen) atoms. The highest BCUT2D eigenvalue weighted by molar-refractivity contribution is 6.09. The number of aldehydes is 1. The maximum atomic E-state index is 12.9. The molecular weight excluding hydrogens is 398 g/mol. The van der Waals surface area contributed by atoms with E-state index < -0.39 is 0 Å². The van der Waals surface area contributed by atoms with Gasteiger partial charge in [0.25, 0.3) is 5.91 Å². The van der Waals surface area contributed by atoms with E-state index >= 15 is 0 Å². The molecule has 1 aliphatic carbocycles. The summed E-state index contributed by atoms with van der Waals surface area (Å²) < 4.78 is 13.0. The number of benzene rings is 1. The van der Waals surface area contributed by atoms with Gasteiger partial charge in [-0.1, -0.05) is 0 Å². The van der Waals surface area contributed by atoms with Crippen molar-refractivity contribution in [3.63, 3.8) is 0 Å². The molecule has 0 saturated heterocycles. The molecule has 1 saturated carbocycles. The van der Waals surface area contributed by atoms with E-state index in [1.165, 1.54) is 17.8 Å². The quantitative estimate of drug-likeness (QED) is 0.492. The topological polar surface area (TPSA) is 112 Å². The number of fused-ring (bicyclic) bond motifs is 2. The third kappa shape index (κ3) is 3.52. The van der Waals surface area contributed by atoms with E-state index in [0.717, 1.165) is 32.0 Å². The number of aromatic nitrogens is 4. The molecule has 0 spiro atoms. The molecule has 3 heterocycles. The Kier molecular flexibility index (Phi) is 4.85. The third-order valence-corrected chi connectivity index (χ3v) is 5.81. The second-order valence-electron chi connectivity index (χ2n) is 7.72. The van der Waals surface area contributed by atoms with Gasteiger partial charge in [0.2, 0.25) is 0 Å². The molecule has 9 heteroatoms. The Balaban J connectivity index is 1.43. The lowest BCUT2D eigenvalue weighted by Crippen LogP contribution is -2.14. The molecule has 0 atom stereocenters. The molecule has 5 rings (SSSR count). The Labute approximate surface area is 177 Å². The number of hydrogen-bond donors (Lipinski definition) is 1.